The monoisotopic (exact) mass is 297 g/mol. The summed E-state index contributed by atoms with van der Waals surface area (Å²) in [6, 6.07) is 9.07. The van der Waals surface area contributed by atoms with Gasteiger partial charge in [-0.25, -0.2) is 0 Å². The van der Waals surface area contributed by atoms with Crippen LogP contribution in [0.5, 0.6) is 5.75 Å². The van der Waals surface area contributed by atoms with Gasteiger partial charge in [0.1, 0.15) is 5.75 Å². The smallest absolute Gasteiger partial charge is 0.150 e. The standard InChI is InChI=1S/C19H23NO2/c1-2-3-4-5-8-11-20-13-15-12-16(14-21)17-9-6-7-10-18(17)19(15)22/h6-7,9-10,12-14,22H,2-5,8,11H2,1H3. The van der Waals surface area contributed by atoms with Gasteiger partial charge in [0.25, 0.3) is 0 Å². The van der Waals surface area contributed by atoms with Gasteiger partial charge in [-0.15, -0.1) is 0 Å². The van der Waals surface area contributed by atoms with Gasteiger partial charge in [-0.3, -0.25) is 9.79 Å². The highest BCUT2D eigenvalue weighted by Crippen LogP contribution is 2.30. The molecule has 0 spiro atoms. The first-order valence-corrected chi connectivity index (χ1v) is 7.97. The first kappa shape index (κ1) is 16.2. The van der Waals surface area contributed by atoms with Gasteiger partial charge in [0, 0.05) is 29.3 Å². The number of nitrogens with zero attached hydrogens (tertiary/aromatic N) is 1. The van der Waals surface area contributed by atoms with Crippen molar-refractivity contribution in [1.29, 1.82) is 0 Å². The minimum absolute atomic E-state index is 0.191. The molecule has 0 heterocycles. The number of benzene rings is 2. The van der Waals surface area contributed by atoms with E-state index in [4.69, 9.17) is 0 Å². The zero-order valence-corrected chi connectivity index (χ0v) is 13.1. The number of phenols is 1. The van der Waals surface area contributed by atoms with Crippen molar-refractivity contribution in [2.75, 3.05) is 6.54 Å². The van der Waals surface area contributed by atoms with Gasteiger partial charge in [-0.1, -0.05) is 56.9 Å². The number of phenolic OH excluding ortho intramolecular Hbond substituents is 1. The fourth-order valence-corrected chi connectivity index (χ4v) is 2.58. The maximum atomic E-state index is 11.2. The molecule has 1 N–H and O–H groups in total. The van der Waals surface area contributed by atoms with Gasteiger partial charge in [-0.05, 0) is 17.9 Å². The van der Waals surface area contributed by atoms with Crippen molar-refractivity contribution < 1.29 is 9.90 Å². The first-order chi connectivity index (χ1) is 10.8. The normalized spacial score (nSPS) is 11.3. The van der Waals surface area contributed by atoms with E-state index >= 15 is 0 Å². The van der Waals surface area contributed by atoms with Crippen molar-refractivity contribution in [3.63, 3.8) is 0 Å². The number of carbonyl (C=O) groups is 1. The van der Waals surface area contributed by atoms with E-state index in [1.807, 2.05) is 24.3 Å². The van der Waals surface area contributed by atoms with Gasteiger partial charge < -0.3 is 5.11 Å². The van der Waals surface area contributed by atoms with E-state index in [1.165, 1.54) is 25.7 Å². The second-order valence-electron chi connectivity index (χ2n) is 5.52. The molecule has 0 saturated heterocycles. The maximum absolute atomic E-state index is 11.2. The number of aromatic hydroxyl groups is 1. The van der Waals surface area contributed by atoms with Crippen LogP contribution >= 0.6 is 0 Å². The van der Waals surface area contributed by atoms with Crippen LogP contribution in [0, 0.1) is 0 Å². The average Bonchev–Trinajstić information content (AvgIpc) is 2.56. The number of hydrogen-bond donors (Lipinski definition) is 1. The Bertz CT molecular complexity index is 662. The molecule has 3 nitrogen and oxygen atoms in total. The Labute approximate surface area is 131 Å². The van der Waals surface area contributed by atoms with Crippen molar-refractivity contribution in [3.8, 4) is 5.75 Å². The molecule has 0 aromatic heterocycles. The van der Waals surface area contributed by atoms with Crippen LogP contribution in [0.1, 0.15) is 54.9 Å². The molecule has 0 fully saturated rings. The number of fused-ring (bicyclic) bond motifs is 1. The Morgan fingerprint density at radius 3 is 2.50 bits per heavy atom. The van der Waals surface area contributed by atoms with Crippen LogP contribution < -0.4 is 0 Å². The SMILES string of the molecule is CCCCCCCN=Cc1cc(C=O)c2ccccc2c1O. The molecule has 0 amide bonds. The lowest BCUT2D eigenvalue weighted by Gasteiger charge is -2.07. The molecule has 116 valence electrons. The third-order valence-corrected chi connectivity index (χ3v) is 3.83. The van der Waals surface area contributed by atoms with E-state index in [1.54, 1.807) is 12.3 Å². The Hall–Kier alpha value is -2.16. The van der Waals surface area contributed by atoms with Crippen molar-refractivity contribution in [2.45, 2.75) is 39.0 Å². The fraction of sp³-hybridized carbons (Fsp3) is 0.368. The number of unbranched alkanes of at least 4 members (excludes halogenated alkanes) is 4. The largest absolute Gasteiger partial charge is 0.507 e. The Morgan fingerprint density at radius 2 is 1.77 bits per heavy atom. The van der Waals surface area contributed by atoms with E-state index in [2.05, 4.69) is 11.9 Å². The molecule has 2 aromatic rings. The van der Waals surface area contributed by atoms with E-state index < -0.39 is 0 Å². The summed E-state index contributed by atoms with van der Waals surface area (Å²) in [7, 11) is 0. The third-order valence-electron chi connectivity index (χ3n) is 3.83. The Morgan fingerprint density at radius 1 is 1.05 bits per heavy atom. The van der Waals surface area contributed by atoms with Crippen LogP contribution in [0.25, 0.3) is 10.8 Å². The minimum atomic E-state index is 0.191. The highest BCUT2D eigenvalue weighted by atomic mass is 16.3. The molecular formula is C19H23NO2. The number of hydrogen-bond acceptors (Lipinski definition) is 3. The van der Waals surface area contributed by atoms with E-state index in [-0.39, 0.29) is 5.75 Å². The predicted octanol–water partition coefficient (Wildman–Crippen LogP) is 4.75. The van der Waals surface area contributed by atoms with Gasteiger partial charge >= 0.3 is 0 Å². The van der Waals surface area contributed by atoms with E-state index in [9.17, 15) is 9.90 Å². The number of aliphatic imine (C=N–C) groups is 1. The molecule has 0 radical (unpaired) electrons. The minimum Gasteiger partial charge on any atom is -0.507 e. The predicted molar refractivity (Wildman–Crippen MR) is 92.2 cm³/mol. The summed E-state index contributed by atoms with van der Waals surface area (Å²) in [5.41, 5.74) is 1.19. The molecule has 0 bridgehead atoms. The molecule has 0 saturated carbocycles. The van der Waals surface area contributed by atoms with Gasteiger partial charge in [0.15, 0.2) is 6.29 Å². The number of carbonyl (C=O) groups excluding carboxylic acids is 1. The van der Waals surface area contributed by atoms with Crippen molar-refractivity contribution in [2.24, 2.45) is 4.99 Å². The first-order valence-electron chi connectivity index (χ1n) is 7.97. The molecule has 2 rings (SSSR count). The summed E-state index contributed by atoms with van der Waals surface area (Å²) in [6.45, 7) is 2.96. The van der Waals surface area contributed by atoms with Crippen molar-refractivity contribution in [1.82, 2.24) is 0 Å². The molecule has 0 atom stereocenters. The highest BCUT2D eigenvalue weighted by molar-refractivity contribution is 6.05. The fourth-order valence-electron chi connectivity index (χ4n) is 2.58. The summed E-state index contributed by atoms with van der Waals surface area (Å²) >= 11 is 0. The highest BCUT2D eigenvalue weighted by Gasteiger charge is 2.09. The van der Waals surface area contributed by atoms with Crippen LogP contribution in [0.4, 0.5) is 0 Å². The number of rotatable bonds is 8. The zero-order valence-electron chi connectivity index (χ0n) is 13.1. The Kier molecular flexibility index (Phi) is 6.13. The summed E-state index contributed by atoms with van der Waals surface area (Å²) in [5.74, 6) is 0.191. The van der Waals surface area contributed by atoms with Crippen LogP contribution in [-0.2, 0) is 0 Å². The van der Waals surface area contributed by atoms with Crippen LogP contribution in [-0.4, -0.2) is 24.2 Å². The third kappa shape index (κ3) is 3.94. The van der Waals surface area contributed by atoms with Crippen molar-refractivity contribution in [3.05, 3.63) is 41.5 Å². The zero-order chi connectivity index (χ0) is 15.8. The van der Waals surface area contributed by atoms with Gasteiger partial charge in [0.05, 0.1) is 0 Å². The lowest BCUT2D eigenvalue weighted by atomic mass is 10.0. The summed E-state index contributed by atoms with van der Waals surface area (Å²) in [6.07, 6.45) is 8.52. The summed E-state index contributed by atoms with van der Waals surface area (Å²) in [4.78, 5) is 15.6. The average molecular weight is 297 g/mol. The van der Waals surface area contributed by atoms with Crippen molar-refractivity contribution >= 4 is 23.3 Å². The molecule has 3 heteroatoms. The second kappa shape index (κ2) is 8.32. The lowest BCUT2D eigenvalue weighted by molar-refractivity contribution is 0.112. The molecule has 0 aliphatic rings. The second-order valence-corrected chi connectivity index (χ2v) is 5.52. The van der Waals surface area contributed by atoms with Crippen LogP contribution in [0.15, 0.2) is 35.3 Å². The molecular weight excluding hydrogens is 274 g/mol. The van der Waals surface area contributed by atoms with Gasteiger partial charge in [0.2, 0.25) is 0 Å². The topological polar surface area (TPSA) is 49.7 Å². The number of aldehydes is 1. The quantitative estimate of drug-likeness (QED) is 0.434. The Balaban J connectivity index is 2.11. The van der Waals surface area contributed by atoms with E-state index in [0.717, 1.165) is 24.6 Å². The molecule has 0 unspecified atom stereocenters. The molecule has 0 aliphatic carbocycles. The molecule has 0 aliphatic heterocycles. The van der Waals surface area contributed by atoms with Crippen LogP contribution in [0.2, 0.25) is 0 Å². The molecule has 2 aromatic carbocycles. The lowest BCUT2D eigenvalue weighted by Crippen LogP contribution is -1.92. The summed E-state index contributed by atoms with van der Waals surface area (Å²) in [5, 5.41) is 11.8. The molecule has 22 heavy (non-hydrogen) atoms. The van der Waals surface area contributed by atoms with Crippen LogP contribution in [0.3, 0.4) is 0 Å². The van der Waals surface area contributed by atoms with Gasteiger partial charge in [-0.2, -0.15) is 0 Å². The van der Waals surface area contributed by atoms with E-state index in [0.29, 0.717) is 16.5 Å². The maximum Gasteiger partial charge on any atom is 0.150 e. The summed E-state index contributed by atoms with van der Waals surface area (Å²) < 4.78 is 0.